The first-order valence-corrected chi connectivity index (χ1v) is 8.55. The second-order valence-corrected chi connectivity index (χ2v) is 7.37. The number of nitrogens with one attached hydrogen (secondary N) is 1. The van der Waals surface area contributed by atoms with E-state index in [4.69, 9.17) is 0 Å². The fourth-order valence-corrected chi connectivity index (χ4v) is 3.99. The molecule has 0 aromatic heterocycles. The van der Waals surface area contributed by atoms with Crippen molar-refractivity contribution in [1.82, 2.24) is 5.32 Å². The van der Waals surface area contributed by atoms with E-state index in [9.17, 15) is 12.8 Å². The van der Waals surface area contributed by atoms with Crippen molar-refractivity contribution in [2.45, 2.75) is 31.7 Å². The zero-order chi connectivity index (χ0) is 13.7. The van der Waals surface area contributed by atoms with Gasteiger partial charge < -0.3 is 5.32 Å². The van der Waals surface area contributed by atoms with Crippen molar-refractivity contribution in [1.29, 1.82) is 0 Å². The molecule has 19 heavy (non-hydrogen) atoms. The number of sulfone groups is 1. The van der Waals surface area contributed by atoms with Crippen LogP contribution in [0.2, 0.25) is 0 Å². The van der Waals surface area contributed by atoms with Crippen LogP contribution in [0.25, 0.3) is 0 Å². The normalized spacial score (nSPS) is 20.4. The van der Waals surface area contributed by atoms with E-state index in [-0.39, 0.29) is 23.4 Å². The van der Waals surface area contributed by atoms with Gasteiger partial charge in [0.1, 0.15) is 5.82 Å². The molecule has 2 rings (SSSR count). The molecule has 1 aromatic carbocycles. The lowest BCUT2D eigenvalue weighted by molar-refractivity contribution is 0.423. The summed E-state index contributed by atoms with van der Waals surface area (Å²) >= 11 is 0. The Kier molecular flexibility index (Phi) is 4.93. The summed E-state index contributed by atoms with van der Waals surface area (Å²) in [5, 5.41) is 3.25. The molecule has 0 radical (unpaired) electrons. The van der Waals surface area contributed by atoms with Gasteiger partial charge in [-0.3, -0.25) is 0 Å². The first-order chi connectivity index (χ1) is 9.05. The van der Waals surface area contributed by atoms with Crippen molar-refractivity contribution in [3.63, 3.8) is 0 Å². The Morgan fingerprint density at radius 1 is 1.21 bits per heavy atom. The monoisotopic (exact) mass is 285 g/mol. The second kappa shape index (κ2) is 6.48. The van der Waals surface area contributed by atoms with Crippen LogP contribution in [-0.4, -0.2) is 32.5 Å². The summed E-state index contributed by atoms with van der Waals surface area (Å²) in [4.78, 5) is 0. The third-order valence-electron chi connectivity index (χ3n) is 3.48. The van der Waals surface area contributed by atoms with Gasteiger partial charge in [0.25, 0.3) is 0 Å². The zero-order valence-corrected chi connectivity index (χ0v) is 11.8. The molecule has 0 spiro atoms. The molecular formula is C14H20FNO2S. The summed E-state index contributed by atoms with van der Waals surface area (Å²) in [7, 11) is -3.05. The molecule has 1 N–H and O–H groups in total. The van der Waals surface area contributed by atoms with Crippen molar-refractivity contribution in [3.05, 3.63) is 35.6 Å². The van der Waals surface area contributed by atoms with E-state index in [0.717, 1.165) is 31.4 Å². The van der Waals surface area contributed by atoms with Crippen LogP contribution in [0.15, 0.2) is 24.3 Å². The van der Waals surface area contributed by atoms with Crippen molar-refractivity contribution < 1.29 is 12.8 Å². The summed E-state index contributed by atoms with van der Waals surface area (Å²) < 4.78 is 36.8. The van der Waals surface area contributed by atoms with Crippen LogP contribution < -0.4 is 5.32 Å². The van der Waals surface area contributed by atoms with Crippen molar-refractivity contribution in [3.8, 4) is 0 Å². The minimum absolute atomic E-state index is 0.104. The van der Waals surface area contributed by atoms with Gasteiger partial charge in [-0.2, -0.15) is 0 Å². The molecule has 0 saturated carbocycles. The summed E-state index contributed by atoms with van der Waals surface area (Å²) in [6.07, 6.45) is 3.63. The minimum Gasteiger partial charge on any atom is -0.313 e. The molecule has 1 saturated heterocycles. The van der Waals surface area contributed by atoms with Crippen LogP contribution in [0, 0.1) is 5.82 Å². The lowest BCUT2D eigenvalue weighted by Crippen LogP contribution is -2.40. The van der Waals surface area contributed by atoms with Crippen LogP contribution in [0.4, 0.5) is 4.39 Å². The van der Waals surface area contributed by atoms with Crippen LogP contribution >= 0.6 is 0 Å². The smallest absolute Gasteiger partial charge is 0.152 e. The van der Waals surface area contributed by atoms with E-state index in [1.165, 1.54) is 12.1 Å². The number of hydrogen-bond donors (Lipinski definition) is 1. The van der Waals surface area contributed by atoms with Crippen LogP contribution in [0.1, 0.15) is 24.8 Å². The maximum Gasteiger partial charge on any atom is 0.152 e. The largest absolute Gasteiger partial charge is 0.313 e. The molecule has 1 unspecified atom stereocenters. The fraction of sp³-hybridized carbons (Fsp3) is 0.571. The molecule has 1 fully saturated rings. The second-order valence-electron chi connectivity index (χ2n) is 5.14. The first-order valence-electron chi connectivity index (χ1n) is 6.73. The van der Waals surface area contributed by atoms with E-state index >= 15 is 0 Å². The SMILES string of the molecule is O=S(=O)(CCc1ccc(F)cc1)CC1CCCCN1. The van der Waals surface area contributed by atoms with E-state index in [1.807, 2.05) is 0 Å². The average molecular weight is 285 g/mol. The van der Waals surface area contributed by atoms with Gasteiger partial charge in [-0.1, -0.05) is 18.6 Å². The van der Waals surface area contributed by atoms with E-state index in [1.54, 1.807) is 12.1 Å². The Balaban J connectivity index is 1.84. The Hall–Kier alpha value is -0.940. The fourth-order valence-electron chi connectivity index (χ4n) is 2.38. The van der Waals surface area contributed by atoms with Crippen molar-refractivity contribution in [2.24, 2.45) is 0 Å². The highest BCUT2D eigenvalue weighted by Gasteiger charge is 2.20. The third kappa shape index (κ3) is 4.91. The molecule has 0 aliphatic carbocycles. The summed E-state index contributed by atoms with van der Waals surface area (Å²) in [6, 6.07) is 6.12. The van der Waals surface area contributed by atoms with E-state index < -0.39 is 9.84 Å². The predicted molar refractivity (Wildman–Crippen MR) is 74.4 cm³/mol. The quantitative estimate of drug-likeness (QED) is 0.899. The standard InChI is InChI=1S/C14H20FNO2S/c15-13-6-4-12(5-7-13)8-10-19(17,18)11-14-3-1-2-9-16-14/h4-7,14,16H,1-3,8-11H2. The molecule has 1 atom stereocenters. The van der Waals surface area contributed by atoms with Gasteiger partial charge in [-0.05, 0) is 43.5 Å². The third-order valence-corrected chi connectivity index (χ3v) is 5.22. The zero-order valence-electron chi connectivity index (χ0n) is 10.9. The highest BCUT2D eigenvalue weighted by Crippen LogP contribution is 2.11. The topological polar surface area (TPSA) is 46.2 Å². The molecule has 1 aliphatic rings. The summed E-state index contributed by atoms with van der Waals surface area (Å²) in [5.74, 6) is 0.0587. The molecule has 5 heteroatoms. The van der Waals surface area contributed by atoms with Gasteiger partial charge in [0, 0.05) is 6.04 Å². The maximum atomic E-state index is 12.7. The van der Waals surface area contributed by atoms with Crippen molar-refractivity contribution in [2.75, 3.05) is 18.1 Å². The molecule has 1 heterocycles. The van der Waals surface area contributed by atoms with Gasteiger partial charge in [0.05, 0.1) is 11.5 Å². The highest BCUT2D eigenvalue weighted by molar-refractivity contribution is 7.91. The summed E-state index contributed by atoms with van der Waals surface area (Å²) in [6.45, 7) is 0.915. The number of piperidine rings is 1. The minimum atomic E-state index is -3.05. The van der Waals surface area contributed by atoms with Gasteiger partial charge in [-0.25, -0.2) is 12.8 Å². The Morgan fingerprint density at radius 3 is 2.58 bits per heavy atom. The van der Waals surface area contributed by atoms with Gasteiger partial charge in [0.15, 0.2) is 9.84 Å². The van der Waals surface area contributed by atoms with E-state index in [0.29, 0.717) is 6.42 Å². The molecule has 106 valence electrons. The molecule has 1 aromatic rings. The summed E-state index contributed by atoms with van der Waals surface area (Å²) in [5.41, 5.74) is 0.863. The molecule has 1 aliphatic heterocycles. The van der Waals surface area contributed by atoms with Gasteiger partial charge >= 0.3 is 0 Å². The number of aryl methyl sites for hydroxylation is 1. The number of rotatable bonds is 5. The molecular weight excluding hydrogens is 265 g/mol. The highest BCUT2D eigenvalue weighted by atomic mass is 32.2. The Labute approximate surface area is 114 Å². The molecule has 0 amide bonds. The van der Waals surface area contributed by atoms with Crippen molar-refractivity contribution >= 4 is 9.84 Å². The van der Waals surface area contributed by atoms with E-state index in [2.05, 4.69) is 5.32 Å². The Bertz CT molecular complexity index is 493. The Morgan fingerprint density at radius 2 is 1.95 bits per heavy atom. The number of halogens is 1. The lowest BCUT2D eigenvalue weighted by Gasteiger charge is -2.23. The number of benzene rings is 1. The maximum absolute atomic E-state index is 12.7. The molecule has 3 nitrogen and oxygen atoms in total. The first kappa shape index (κ1) is 14.5. The average Bonchev–Trinajstić information content (AvgIpc) is 2.39. The predicted octanol–water partition coefficient (Wildman–Crippen LogP) is 1.93. The lowest BCUT2D eigenvalue weighted by atomic mass is 10.1. The number of hydrogen-bond acceptors (Lipinski definition) is 3. The van der Waals surface area contributed by atoms with Crippen LogP contribution in [0.3, 0.4) is 0 Å². The van der Waals surface area contributed by atoms with Gasteiger partial charge in [-0.15, -0.1) is 0 Å². The van der Waals surface area contributed by atoms with Crippen LogP contribution in [0.5, 0.6) is 0 Å². The van der Waals surface area contributed by atoms with Gasteiger partial charge in [0.2, 0.25) is 0 Å². The van der Waals surface area contributed by atoms with Crippen LogP contribution in [-0.2, 0) is 16.3 Å². The molecule has 0 bridgehead atoms.